The van der Waals surface area contributed by atoms with Gasteiger partial charge in [0.05, 0.1) is 36.5 Å². The summed E-state index contributed by atoms with van der Waals surface area (Å²) in [6.45, 7) is 1.26. The molecule has 28 heavy (non-hydrogen) atoms. The number of β-lactam (4-membered cyclic amide) rings is 1. The average molecular weight is 404 g/mol. The highest BCUT2D eigenvalue weighted by atomic mass is 32.2. The highest BCUT2D eigenvalue weighted by Gasteiger charge is 2.49. The lowest BCUT2D eigenvalue weighted by molar-refractivity contribution is -0.141. The smallest absolute Gasteiger partial charge is 0.353 e. The minimum atomic E-state index is -1.13. The number of carboxylic acids is 2. The maximum Gasteiger partial charge on any atom is 0.353 e. The first-order chi connectivity index (χ1) is 13.3. The van der Waals surface area contributed by atoms with Crippen molar-refractivity contribution in [3.8, 4) is 0 Å². The van der Waals surface area contributed by atoms with Crippen LogP contribution in [0.1, 0.15) is 24.2 Å². The quantitative estimate of drug-likeness (QED) is 0.529. The molecule has 0 aromatic carbocycles. The molecule has 1 atom stereocenters. The summed E-state index contributed by atoms with van der Waals surface area (Å²) in [6.07, 6.45) is 1.41. The van der Waals surface area contributed by atoms with Gasteiger partial charge >= 0.3 is 11.9 Å². The lowest BCUT2D eigenvalue weighted by Crippen LogP contribution is -2.51. The number of aromatic nitrogens is 2. The van der Waals surface area contributed by atoms with Crippen LogP contribution in [-0.4, -0.2) is 65.5 Å². The van der Waals surface area contributed by atoms with Crippen LogP contribution in [0, 0.1) is 0 Å². The van der Waals surface area contributed by atoms with Crippen LogP contribution in [0.15, 0.2) is 22.7 Å². The van der Waals surface area contributed by atoms with Crippen molar-refractivity contribution in [3.05, 3.63) is 34.1 Å². The summed E-state index contributed by atoms with van der Waals surface area (Å²) in [5.74, 6) is -2.70. The molecule has 1 saturated heterocycles. The zero-order valence-electron chi connectivity index (χ0n) is 14.6. The Labute approximate surface area is 163 Å². The van der Waals surface area contributed by atoms with E-state index in [2.05, 4.69) is 5.10 Å². The lowest BCUT2D eigenvalue weighted by atomic mass is 10.0. The molecular weight excluding hydrogens is 388 g/mol. The van der Waals surface area contributed by atoms with Gasteiger partial charge in [0.1, 0.15) is 11.1 Å². The molecule has 0 radical (unpaired) electrons. The molecule has 1 fully saturated rings. The number of carbonyl (C=O) groups excluding carboxylic acids is 2. The van der Waals surface area contributed by atoms with Crippen molar-refractivity contribution in [2.45, 2.75) is 31.3 Å². The third-order valence-corrected chi connectivity index (χ3v) is 5.86. The Morgan fingerprint density at radius 2 is 2.04 bits per heavy atom. The molecule has 1 unspecified atom stereocenters. The van der Waals surface area contributed by atoms with Crippen LogP contribution in [0.2, 0.25) is 0 Å². The Hall–Kier alpha value is -3.08. The molecule has 146 valence electrons. The first-order valence-electron chi connectivity index (χ1n) is 8.55. The summed E-state index contributed by atoms with van der Waals surface area (Å²) in [4.78, 5) is 49.0. The first-order valence-corrected chi connectivity index (χ1v) is 9.50. The van der Waals surface area contributed by atoms with Gasteiger partial charge in [0.2, 0.25) is 5.91 Å². The molecule has 1 aromatic heterocycles. The normalized spacial score (nSPS) is 21.9. The monoisotopic (exact) mass is 404 g/mol. The summed E-state index contributed by atoms with van der Waals surface area (Å²) < 4.78 is 1.76. The van der Waals surface area contributed by atoms with E-state index >= 15 is 0 Å². The molecule has 3 aliphatic rings. The average Bonchev–Trinajstić information content (AvgIpc) is 3.24. The summed E-state index contributed by atoms with van der Waals surface area (Å²) >= 11 is 1.27. The predicted octanol–water partition coefficient (Wildman–Crippen LogP) is 0.315. The molecular formula is C17H16N4O6S. The fraction of sp³-hybridized carbons (Fsp3) is 0.353. The van der Waals surface area contributed by atoms with Gasteiger partial charge in [-0.3, -0.25) is 24.0 Å². The van der Waals surface area contributed by atoms with Crippen LogP contribution in [0.25, 0.3) is 6.08 Å². The predicted molar refractivity (Wildman–Crippen MR) is 96.4 cm³/mol. The number of rotatable bonds is 5. The third-order valence-electron chi connectivity index (χ3n) is 4.78. The fourth-order valence-corrected chi connectivity index (χ4v) is 4.49. The molecule has 4 rings (SSSR count). The molecule has 0 aliphatic carbocycles. The second kappa shape index (κ2) is 6.82. The van der Waals surface area contributed by atoms with Crippen LogP contribution in [0.3, 0.4) is 0 Å². The second-order valence-electron chi connectivity index (χ2n) is 6.56. The van der Waals surface area contributed by atoms with E-state index in [1.54, 1.807) is 21.7 Å². The van der Waals surface area contributed by atoms with Crippen molar-refractivity contribution in [1.29, 1.82) is 0 Å². The third kappa shape index (κ3) is 3.07. The topological polar surface area (TPSA) is 133 Å². The minimum Gasteiger partial charge on any atom is -0.481 e. The second-order valence-corrected chi connectivity index (χ2v) is 7.52. The van der Waals surface area contributed by atoms with E-state index < -0.39 is 11.9 Å². The van der Waals surface area contributed by atoms with Crippen molar-refractivity contribution >= 4 is 41.6 Å². The Morgan fingerprint density at radius 3 is 2.75 bits per heavy atom. The number of carboxylic acid groups (broad SMARTS) is 2. The summed E-state index contributed by atoms with van der Waals surface area (Å²) in [5.41, 5.74) is 1.84. The van der Waals surface area contributed by atoms with E-state index in [9.17, 15) is 19.2 Å². The van der Waals surface area contributed by atoms with Gasteiger partial charge in [-0.05, 0) is 12.1 Å². The van der Waals surface area contributed by atoms with Crippen molar-refractivity contribution in [2.75, 3.05) is 6.54 Å². The Kier molecular flexibility index (Phi) is 4.46. The van der Waals surface area contributed by atoms with Gasteiger partial charge in [0, 0.05) is 18.4 Å². The fourth-order valence-electron chi connectivity index (χ4n) is 3.37. The Bertz CT molecular complexity index is 965. The van der Waals surface area contributed by atoms with Gasteiger partial charge in [0.25, 0.3) is 5.91 Å². The van der Waals surface area contributed by atoms with Crippen LogP contribution in [0.5, 0.6) is 0 Å². The summed E-state index contributed by atoms with van der Waals surface area (Å²) in [6, 6.07) is 1.78. The summed E-state index contributed by atoms with van der Waals surface area (Å²) in [5, 5.41) is 23.4. The van der Waals surface area contributed by atoms with Gasteiger partial charge in [-0.15, -0.1) is 11.8 Å². The Balaban J connectivity index is 1.45. The number of carbonyl (C=O) groups is 4. The molecule has 4 heterocycles. The van der Waals surface area contributed by atoms with E-state index in [4.69, 9.17) is 10.2 Å². The number of thioether (sulfide) groups is 1. The zero-order valence-corrected chi connectivity index (χ0v) is 15.4. The largest absolute Gasteiger partial charge is 0.481 e. The molecule has 10 nitrogen and oxygen atoms in total. The number of hydrogen-bond donors (Lipinski definition) is 2. The number of amides is 2. The van der Waals surface area contributed by atoms with Crippen molar-refractivity contribution in [2.24, 2.45) is 0 Å². The van der Waals surface area contributed by atoms with E-state index in [1.165, 1.54) is 22.1 Å². The van der Waals surface area contributed by atoms with Gasteiger partial charge < -0.3 is 15.1 Å². The molecule has 2 amide bonds. The molecule has 1 aromatic rings. The molecule has 11 heteroatoms. The standard InChI is InChI=1S/C17H16N4O6S/c22-13(1-2-14(23)24)19-3-4-20-10(7-19)5-9(18-20)6-11-15(25)21-12(17(26)27)8-28-16(11)21/h5-6,8,16H,1-4,7H2,(H,23,24)(H,26,27)/b11-6+. The molecule has 0 saturated carbocycles. The van der Waals surface area contributed by atoms with E-state index in [1.807, 2.05) is 0 Å². The molecule has 0 bridgehead atoms. The molecule has 2 N–H and O–H groups in total. The number of fused-ring (bicyclic) bond motifs is 2. The van der Waals surface area contributed by atoms with Crippen LogP contribution < -0.4 is 0 Å². The SMILES string of the molecule is O=C(O)CCC(=O)N1CCn2nc(/C=C3\C(=O)N4C(C(=O)O)=CSC34)cc2C1. The van der Waals surface area contributed by atoms with Crippen LogP contribution >= 0.6 is 11.8 Å². The maximum atomic E-state index is 12.3. The lowest BCUT2D eigenvalue weighted by Gasteiger charge is -2.36. The molecule has 0 spiro atoms. The van der Waals surface area contributed by atoms with Crippen molar-refractivity contribution < 1.29 is 29.4 Å². The Morgan fingerprint density at radius 1 is 1.25 bits per heavy atom. The van der Waals surface area contributed by atoms with Gasteiger partial charge in [0.15, 0.2) is 0 Å². The van der Waals surface area contributed by atoms with Gasteiger partial charge in [-0.25, -0.2) is 4.79 Å². The van der Waals surface area contributed by atoms with Crippen molar-refractivity contribution in [3.63, 3.8) is 0 Å². The highest BCUT2D eigenvalue weighted by molar-refractivity contribution is 8.03. The van der Waals surface area contributed by atoms with Crippen LogP contribution in [-0.2, 0) is 32.3 Å². The van der Waals surface area contributed by atoms with Gasteiger partial charge in [-0.1, -0.05) is 0 Å². The molecule has 3 aliphatic heterocycles. The number of hydrogen-bond acceptors (Lipinski definition) is 6. The highest BCUT2D eigenvalue weighted by Crippen LogP contribution is 2.45. The number of nitrogens with zero attached hydrogens (tertiary/aromatic N) is 4. The van der Waals surface area contributed by atoms with Crippen LogP contribution in [0.4, 0.5) is 0 Å². The first kappa shape index (κ1) is 18.3. The van der Waals surface area contributed by atoms with E-state index in [0.717, 1.165) is 5.69 Å². The number of aliphatic carboxylic acids is 2. The minimum absolute atomic E-state index is 0.0169. The van der Waals surface area contributed by atoms with Crippen molar-refractivity contribution in [1.82, 2.24) is 19.6 Å². The van der Waals surface area contributed by atoms with E-state index in [0.29, 0.717) is 30.9 Å². The van der Waals surface area contributed by atoms with E-state index in [-0.39, 0.29) is 35.7 Å². The maximum absolute atomic E-state index is 12.3. The summed E-state index contributed by atoms with van der Waals surface area (Å²) in [7, 11) is 0. The van der Waals surface area contributed by atoms with Gasteiger partial charge in [-0.2, -0.15) is 5.10 Å². The zero-order chi connectivity index (χ0) is 20.0.